The molecule has 4 heterocycles. The number of halogens is 3. The summed E-state index contributed by atoms with van der Waals surface area (Å²) in [6, 6.07) is 8.80. The number of aliphatic hydroxyl groups is 1. The smallest absolute Gasteiger partial charge is 0.394 e. The summed E-state index contributed by atoms with van der Waals surface area (Å²) in [5, 5.41) is 19.7. The fourth-order valence-corrected chi connectivity index (χ4v) is 4.80. The number of hydrogen-bond donors (Lipinski definition) is 3. The molecule has 0 bridgehead atoms. The second-order valence-corrected chi connectivity index (χ2v) is 10.7. The molecule has 3 N–H and O–H groups in total. The van der Waals surface area contributed by atoms with Gasteiger partial charge < -0.3 is 20.6 Å². The number of carbonyl (C=O) groups is 1. The molecule has 1 fully saturated rings. The molecule has 44 heavy (non-hydrogen) atoms. The molecule has 1 amide bonds. The van der Waals surface area contributed by atoms with Crippen LogP contribution in [-0.2, 0) is 12.7 Å². The lowest BCUT2D eigenvalue weighted by Crippen LogP contribution is -2.44. The first kappa shape index (κ1) is 30.9. The maximum Gasteiger partial charge on any atom is 0.416 e. The number of imidazole rings is 1. The van der Waals surface area contributed by atoms with Gasteiger partial charge >= 0.3 is 6.18 Å². The van der Waals surface area contributed by atoms with Gasteiger partial charge in [0.15, 0.2) is 5.65 Å². The molecule has 0 saturated carbocycles. The van der Waals surface area contributed by atoms with E-state index in [4.69, 9.17) is 0 Å². The maximum absolute atomic E-state index is 14.0. The number of likely N-dealkylation sites (N-methyl/N-ethyl adjacent to an activating group) is 1. The van der Waals surface area contributed by atoms with Crippen LogP contribution in [0.25, 0.3) is 5.65 Å². The number of amides is 1. The van der Waals surface area contributed by atoms with E-state index >= 15 is 0 Å². The number of aromatic nitrogens is 4. The first-order chi connectivity index (χ1) is 21.1. The molecule has 0 spiro atoms. The number of pyridine rings is 1. The third kappa shape index (κ3) is 7.52. The highest BCUT2D eigenvalue weighted by Crippen LogP contribution is 2.34. The lowest BCUT2D eigenvalue weighted by atomic mass is 10.0. The SMILES string of the molecule is CC[C@H](CO)Nc1ccc2ncc(C#Cc3cncc(C(=O)Nc4ccc(CN5CCN(C)CC5)c(C(F)(F)F)c4)c3)n2n1. The van der Waals surface area contributed by atoms with Crippen LogP contribution in [0.2, 0.25) is 0 Å². The molecule has 3 aromatic heterocycles. The van der Waals surface area contributed by atoms with Gasteiger partial charge in [-0.15, -0.1) is 5.10 Å². The Morgan fingerprint density at radius 3 is 2.59 bits per heavy atom. The van der Waals surface area contributed by atoms with Gasteiger partial charge in [-0.3, -0.25) is 14.7 Å². The van der Waals surface area contributed by atoms with Crippen LogP contribution < -0.4 is 10.6 Å². The maximum atomic E-state index is 14.0. The van der Waals surface area contributed by atoms with Crippen molar-refractivity contribution >= 4 is 23.1 Å². The number of fused-ring (bicyclic) bond motifs is 1. The highest BCUT2D eigenvalue weighted by molar-refractivity contribution is 6.04. The van der Waals surface area contributed by atoms with Gasteiger partial charge in [0.25, 0.3) is 5.91 Å². The Morgan fingerprint density at radius 1 is 1.07 bits per heavy atom. The van der Waals surface area contributed by atoms with Gasteiger partial charge in [-0.2, -0.15) is 13.2 Å². The summed E-state index contributed by atoms with van der Waals surface area (Å²) in [4.78, 5) is 25.5. The number of alkyl halides is 3. The predicted octanol–water partition coefficient (Wildman–Crippen LogP) is 3.73. The summed E-state index contributed by atoms with van der Waals surface area (Å²) in [5.74, 6) is 5.88. The zero-order chi connectivity index (χ0) is 31.3. The largest absolute Gasteiger partial charge is 0.416 e. The van der Waals surface area contributed by atoms with Gasteiger partial charge in [0, 0.05) is 56.4 Å². The summed E-state index contributed by atoms with van der Waals surface area (Å²) >= 11 is 0. The van der Waals surface area contributed by atoms with E-state index in [1.165, 1.54) is 30.6 Å². The molecular formula is C31H33F3N8O2. The number of nitrogens with one attached hydrogen (secondary N) is 2. The molecule has 1 atom stereocenters. The lowest BCUT2D eigenvalue weighted by molar-refractivity contribution is -0.138. The number of carbonyl (C=O) groups excluding carboxylic acids is 1. The van der Waals surface area contributed by atoms with Crippen molar-refractivity contribution in [3.63, 3.8) is 0 Å². The van der Waals surface area contributed by atoms with Crippen molar-refractivity contribution in [1.82, 2.24) is 29.4 Å². The van der Waals surface area contributed by atoms with Gasteiger partial charge in [0.05, 0.1) is 30.0 Å². The van der Waals surface area contributed by atoms with Crippen LogP contribution in [-0.4, -0.2) is 86.3 Å². The van der Waals surface area contributed by atoms with Crippen LogP contribution in [0.4, 0.5) is 24.7 Å². The minimum atomic E-state index is -4.57. The number of nitrogens with zero attached hydrogens (tertiary/aromatic N) is 6. The van der Waals surface area contributed by atoms with Gasteiger partial charge in [0.2, 0.25) is 0 Å². The molecule has 1 aromatic carbocycles. The zero-order valence-electron chi connectivity index (χ0n) is 24.4. The van der Waals surface area contributed by atoms with E-state index in [-0.39, 0.29) is 36.0 Å². The van der Waals surface area contributed by atoms with E-state index in [1.807, 2.05) is 18.9 Å². The Morgan fingerprint density at radius 2 is 1.86 bits per heavy atom. The van der Waals surface area contributed by atoms with Crippen molar-refractivity contribution in [2.24, 2.45) is 0 Å². The molecule has 1 saturated heterocycles. The summed E-state index contributed by atoms with van der Waals surface area (Å²) in [6.45, 7) is 5.08. The van der Waals surface area contributed by atoms with Gasteiger partial charge in [-0.05, 0) is 55.3 Å². The average molecular weight is 607 g/mol. The molecule has 10 nitrogen and oxygen atoms in total. The Balaban J connectivity index is 1.31. The van der Waals surface area contributed by atoms with Crippen molar-refractivity contribution in [1.29, 1.82) is 0 Å². The molecule has 0 aliphatic carbocycles. The highest BCUT2D eigenvalue weighted by Gasteiger charge is 2.34. The molecule has 1 aliphatic heterocycles. The van der Waals surface area contributed by atoms with Crippen LogP contribution in [0, 0.1) is 11.8 Å². The Bertz CT molecular complexity index is 1680. The van der Waals surface area contributed by atoms with Gasteiger partial charge in [-0.1, -0.05) is 18.9 Å². The average Bonchev–Trinajstić information content (AvgIpc) is 3.42. The summed E-state index contributed by atoms with van der Waals surface area (Å²) < 4.78 is 43.5. The third-order valence-corrected chi connectivity index (χ3v) is 7.43. The van der Waals surface area contributed by atoms with E-state index in [9.17, 15) is 23.1 Å². The van der Waals surface area contributed by atoms with E-state index in [1.54, 1.807) is 22.8 Å². The third-order valence-electron chi connectivity index (χ3n) is 7.43. The first-order valence-corrected chi connectivity index (χ1v) is 14.2. The molecule has 230 valence electrons. The topological polar surface area (TPSA) is 111 Å². The predicted molar refractivity (Wildman–Crippen MR) is 160 cm³/mol. The van der Waals surface area contributed by atoms with Gasteiger partial charge in [0.1, 0.15) is 11.5 Å². The normalized spacial score (nSPS) is 15.0. The molecule has 4 aromatic rings. The molecular weight excluding hydrogens is 573 g/mol. The summed E-state index contributed by atoms with van der Waals surface area (Å²) in [7, 11) is 1.99. The molecule has 5 rings (SSSR count). The molecule has 13 heteroatoms. The molecule has 0 unspecified atom stereocenters. The number of hydrogen-bond acceptors (Lipinski definition) is 8. The number of benzene rings is 1. The fourth-order valence-electron chi connectivity index (χ4n) is 4.80. The Kier molecular flexibility index (Phi) is 9.43. The van der Waals surface area contributed by atoms with Crippen LogP contribution in [0.5, 0.6) is 0 Å². The highest BCUT2D eigenvalue weighted by atomic mass is 19.4. The molecule has 1 aliphatic rings. The van der Waals surface area contributed by atoms with Crippen molar-refractivity contribution in [3.8, 4) is 11.8 Å². The Hall–Kier alpha value is -4.51. The van der Waals surface area contributed by atoms with Crippen LogP contribution >= 0.6 is 0 Å². The zero-order valence-corrected chi connectivity index (χ0v) is 24.4. The minimum Gasteiger partial charge on any atom is -0.394 e. The van der Waals surface area contributed by atoms with Crippen molar-refractivity contribution in [2.45, 2.75) is 32.1 Å². The van der Waals surface area contributed by atoms with Crippen molar-refractivity contribution in [2.75, 3.05) is 50.5 Å². The van der Waals surface area contributed by atoms with Crippen molar-refractivity contribution < 1.29 is 23.1 Å². The first-order valence-electron chi connectivity index (χ1n) is 14.2. The monoisotopic (exact) mass is 606 g/mol. The Labute approximate surface area is 252 Å². The standard InChI is InChI=1S/C31H33F3N8O2/c1-3-24(20-43)37-28-8-9-29-36-18-26(42(29)39-28)7-4-21-14-23(17-35-16-21)30(44)38-25-6-5-22(27(15-25)31(32,33)34)19-41-12-10-40(2)11-13-41/h5-6,8-9,14-18,24,43H,3,10-13,19-20H2,1-2H3,(H,37,39)(H,38,44)/t24-/m1/s1. The van der Waals surface area contributed by atoms with E-state index < -0.39 is 17.6 Å². The van der Waals surface area contributed by atoms with Crippen LogP contribution in [0.1, 0.15) is 46.1 Å². The quantitative estimate of drug-likeness (QED) is 0.261. The van der Waals surface area contributed by atoms with E-state index in [2.05, 4.69) is 42.4 Å². The minimum absolute atomic E-state index is 0.0323. The van der Waals surface area contributed by atoms with Crippen molar-refractivity contribution in [3.05, 3.63) is 82.9 Å². The number of piperazine rings is 1. The number of anilines is 2. The second kappa shape index (κ2) is 13.4. The second-order valence-electron chi connectivity index (χ2n) is 10.7. The molecule has 0 radical (unpaired) electrons. The van der Waals surface area contributed by atoms with Crippen LogP contribution in [0.15, 0.2) is 55.0 Å². The fraction of sp³-hybridized carbons (Fsp3) is 0.355. The van der Waals surface area contributed by atoms with E-state index in [0.717, 1.165) is 25.6 Å². The van der Waals surface area contributed by atoms with E-state index in [0.29, 0.717) is 35.8 Å². The summed E-state index contributed by atoms with van der Waals surface area (Å²) in [6.07, 6.45) is 0.522. The summed E-state index contributed by atoms with van der Waals surface area (Å²) in [5.41, 5.74) is 1.07. The number of rotatable bonds is 8. The van der Waals surface area contributed by atoms with Crippen LogP contribution in [0.3, 0.4) is 0 Å². The number of aliphatic hydroxyl groups excluding tert-OH is 1. The van der Waals surface area contributed by atoms with Gasteiger partial charge in [-0.25, -0.2) is 9.50 Å². The lowest BCUT2D eigenvalue weighted by Gasteiger charge is -2.33.